The highest BCUT2D eigenvalue weighted by molar-refractivity contribution is 5.32. The summed E-state index contributed by atoms with van der Waals surface area (Å²) in [7, 11) is 0. The van der Waals surface area contributed by atoms with Crippen LogP contribution in [0.1, 0.15) is 12.5 Å². The van der Waals surface area contributed by atoms with E-state index < -0.39 is 0 Å². The Bertz CT molecular complexity index is 341. The fraction of sp³-hybridized carbons (Fsp3) is 0.667. The zero-order chi connectivity index (χ0) is 12.1. The molecule has 0 aromatic carbocycles. The highest BCUT2D eigenvalue weighted by Crippen LogP contribution is 2.14. The lowest BCUT2D eigenvalue weighted by atomic mass is 10.2. The van der Waals surface area contributed by atoms with Crippen molar-refractivity contribution < 1.29 is 4.74 Å². The van der Waals surface area contributed by atoms with E-state index in [9.17, 15) is 0 Å². The van der Waals surface area contributed by atoms with Crippen LogP contribution in [0.3, 0.4) is 0 Å². The molecule has 1 unspecified atom stereocenters. The summed E-state index contributed by atoms with van der Waals surface area (Å²) in [5.74, 6) is 0.807. The lowest BCUT2D eigenvalue weighted by Gasteiger charge is -2.35. The van der Waals surface area contributed by atoms with Gasteiger partial charge in [-0.1, -0.05) is 6.92 Å². The molecule has 0 bridgehead atoms. The van der Waals surface area contributed by atoms with E-state index in [-0.39, 0.29) is 0 Å². The molecular weight excluding hydrogens is 216 g/mol. The van der Waals surface area contributed by atoms with Crippen LogP contribution in [0, 0.1) is 6.92 Å². The Hall–Kier alpha value is -1.20. The number of aryl methyl sites for hydroxylation is 1. The zero-order valence-electron chi connectivity index (χ0n) is 10.5. The van der Waals surface area contributed by atoms with E-state index in [2.05, 4.69) is 27.1 Å². The summed E-state index contributed by atoms with van der Waals surface area (Å²) in [5.41, 5.74) is 1.09. The molecule has 0 amide bonds. The van der Waals surface area contributed by atoms with Gasteiger partial charge in [0, 0.05) is 25.5 Å². The second-order valence-corrected chi connectivity index (χ2v) is 4.29. The van der Waals surface area contributed by atoms with Crippen molar-refractivity contribution in [1.82, 2.24) is 15.3 Å². The third-order valence-corrected chi connectivity index (χ3v) is 2.88. The number of hydrogen-bond donors (Lipinski definition) is 1. The molecule has 0 saturated carbocycles. The molecule has 0 spiro atoms. The first-order valence-corrected chi connectivity index (χ1v) is 6.15. The Morgan fingerprint density at radius 1 is 1.47 bits per heavy atom. The molecule has 94 valence electrons. The van der Waals surface area contributed by atoms with Gasteiger partial charge in [0.25, 0.3) is 0 Å². The highest BCUT2D eigenvalue weighted by atomic mass is 16.5. The predicted octanol–water partition coefficient (Wildman–Crippen LogP) is 0.600. The molecule has 5 nitrogen and oxygen atoms in total. The summed E-state index contributed by atoms with van der Waals surface area (Å²) in [6.07, 6.45) is 3.73. The number of morpholine rings is 1. The van der Waals surface area contributed by atoms with Crippen LogP contribution in [-0.4, -0.2) is 48.9 Å². The minimum Gasteiger partial charge on any atom is -0.377 e. The molecule has 2 rings (SSSR count). The number of aromatic nitrogens is 2. The Morgan fingerprint density at radius 2 is 2.24 bits per heavy atom. The first-order valence-electron chi connectivity index (χ1n) is 6.15. The maximum Gasteiger partial charge on any atom is 0.225 e. The minimum absolute atomic E-state index is 0.325. The van der Waals surface area contributed by atoms with Gasteiger partial charge in [0.1, 0.15) is 0 Å². The second-order valence-electron chi connectivity index (χ2n) is 4.29. The predicted molar refractivity (Wildman–Crippen MR) is 67.3 cm³/mol. The van der Waals surface area contributed by atoms with Crippen LogP contribution in [0.4, 0.5) is 5.95 Å². The lowest BCUT2D eigenvalue weighted by molar-refractivity contribution is 0.0930. The molecule has 5 heteroatoms. The third kappa shape index (κ3) is 3.14. The average molecular weight is 236 g/mol. The molecule has 1 aromatic rings. The van der Waals surface area contributed by atoms with Crippen molar-refractivity contribution in [1.29, 1.82) is 0 Å². The van der Waals surface area contributed by atoms with Crippen molar-refractivity contribution in [2.24, 2.45) is 0 Å². The van der Waals surface area contributed by atoms with Gasteiger partial charge in [-0.2, -0.15) is 0 Å². The van der Waals surface area contributed by atoms with Crippen LogP contribution < -0.4 is 10.2 Å². The SMILES string of the molecule is CCNCC1COCCN1c1ncc(C)cn1. The molecule has 1 N–H and O–H groups in total. The van der Waals surface area contributed by atoms with Crippen LogP contribution >= 0.6 is 0 Å². The normalized spacial score (nSPS) is 20.6. The summed E-state index contributed by atoms with van der Waals surface area (Å²) in [6.45, 7) is 8.34. The van der Waals surface area contributed by atoms with Gasteiger partial charge in [-0.25, -0.2) is 9.97 Å². The number of rotatable bonds is 4. The smallest absolute Gasteiger partial charge is 0.225 e. The highest BCUT2D eigenvalue weighted by Gasteiger charge is 2.24. The summed E-state index contributed by atoms with van der Waals surface area (Å²) < 4.78 is 5.52. The van der Waals surface area contributed by atoms with E-state index in [1.165, 1.54) is 0 Å². The molecule has 2 heterocycles. The largest absolute Gasteiger partial charge is 0.377 e. The monoisotopic (exact) mass is 236 g/mol. The number of nitrogens with zero attached hydrogens (tertiary/aromatic N) is 3. The topological polar surface area (TPSA) is 50.3 Å². The first-order chi connectivity index (χ1) is 8.31. The fourth-order valence-electron chi connectivity index (χ4n) is 1.93. The van der Waals surface area contributed by atoms with Crippen LogP contribution in [0.25, 0.3) is 0 Å². The van der Waals surface area contributed by atoms with E-state index in [0.717, 1.165) is 44.4 Å². The van der Waals surface area contributed by atoms with Crippen molar-refractivity contribution in [3.63, 3.8) is 0 Å². The van der Waals surface area contributed by atoms with Gasteiger partial charge in [-0.15, -0.1) is 0 Å². The molecule has 1 fully saturated rings. The summed E-state index contributed by atoms with van der Waals surface area (Å²) in [4.78, 5) is 11.0. The molecule has 1 aromatic heterocycles. The Balaban J connectivity index is 2.07. The van der Waals surface area contributed by atoms with Gasteiger partial charge in [0.05, 0.1) is 19.3 Å². The van der Waals surface area contributed by atoms with Gasteiger partial charge in [0.2, 0.25) is 5.95 Å². The van der Waals surface area contributed by atoms with E-state index in [0.29, 0.717) is 6.04 Å². The molecule has 1 aliphatic heterocycles. The zero-order valence-corrected chi connectivity index (χ0v) is 10.5. The number of likely N-dealkylation sites (N-methyl/N-ethyl adjacent to an activating group) is 1. The molecular formula is C12H20N4O. The van der Waals surface area contributed by atoms with Gasteiger partial charge in [0.15, 0.2) is 0 Å². The maximum absolute atomic E-state index is 5.52. The number of ether oxygens (including phenoxy) is 1. The average Bonchev–Trinajstić information content (AvgIpc) is 2.38. The van der Waals surface area contributed by atoms with Crippen molar-refractivity contribution in [2.45, 2.75) is 19.9 Å². The van der Waals surface area contributed by atoms with Crippen LogP contribution in [0.2, 0.25) is 0 Å². The summed E-state index contributed by atoms with van der Waals surface area (Å²) in [6, 6.07) is 0.325. The van der Waals surface area contributed by atoms with Gasteiger partial charge in [-0.05, 0) is 19.0 Å². The van der Waals surface area contributed by atoms with Gasteiger partial charge < -0.3 is 15.0 Å². The van der Waals surface area contributed by atoms with Crippen molar-refractivity contribution in [3.05, 3.63) is 18.0 Å². The lowest BCUT2D eigenvalue weighted by Crippen LogP contribution is -2.51. The minimum atomic E-state index is 0.325. The van der Waals surface area contributed by atoms with E-state index in [4.69, 9.17) is 4.74 Å². The number of hydrogen-bond acceptors (Lipinski definition) is 5. The summed E-state index contributed by atoms with van der Waals surface area (Å²) in [5, 5.41) is 3.35. The third-order valence-electron chi connectivity index (χ3n) is 2.88. The molecule has 1 saturated heterocycles. The number of nitrogens with one attached hydrogen (secondary N) is 1. The molecule has 1 atom stereocenters. The fourth-order valence-corrected chi connectivity index (χ4v) is 1.93. The maximum atomic E-state index is 5.52. The van der Waals surface area contributed by atoms with Crippen LogP contribution in [0.15, 0.2) is 12.4 Å². The first kappa shape index (κ1) is 12.3. The Morgan fingerprint density at radius 3 is 2.94 bits per heavy atom. The molecule has 0 radical (unpaired) electrons. The van der Waals surface area contributed by atoms with E-state index >= 15 is 0 Å². The van der Waals surface area contributed by atoms with E-state index in [1.54, 1.807) is 0 Å². The molecule has 17 heavy (non-hydrogen) atoms. The Labute approximate surface area is 102 Å². The van der Waals surface area contributed by atoms with E-state index in [1.807, 2.05) is 19.3 Å². The molecule has 1 aliphatic rings. The number of anilines is 1. The van der Waals surface area contributed by atoms with Crippen molar-refractivity contribution in [2.75, 3.05) is 37.7 Å². The van der Waals surface area contributed by atoms with Crippen molar-refractivity contribution in [3.8, 4) is 0 Å². The van der Waals surface area contributed by atoms with Crippen molar-refractivity contribution >= 4 is 5.95 Å². The van der Waals surface area contributed by atoms with Gasteiger partial charge in [-0.3, -0.25) is 0 Å². The second kappa shape index (κ2) is 5.93. The quantitative estimate of drug-likeness (QED) is 0.829. The van der Waals surface area contributed by atoms with Crippen LogP contribution in [-0.2, 0) is 4.74 Å². The van der Waals surface area contributed by atoms with Gasteiger partial charge >= 0.3 is 0 Å². The molecule has 0 aliphatic carbocycles. The Kier molecular flexibility index (Phi) is 4.28. The standard InChI is InChI=1S/C12H20N4O/c1-3-13-8-11-9-17-5-4-16(11)12-14-6-10(2)7-15-12/h6-7,11,13H,3-5,8-9H2,1-2H3. The van der Waals surface area contributed by atoms with Crippen LogP contribution in [0.5, 0.6) is 0 Å². The summed E-state index contributed by atoms with van der Waals surface area (Å²) >= 11 is 0.